The average Bonchev–Trinajstić information content (AvgIpc) is 1.99. The minimum absolute atomic E-state index is 0.0613. The summed E-state index contributed by atoms with van der Waals surface area (Å²) in [6.07, 6.45) is 1.02. The second-order valence-electron chi connectivity index (χ2n) is 5.17. The fourth-order valence-corrected chi connectivity index (χ4v) is 1.79. The fraction of sp³-hybridized carbons (Fsp3) is 0.909. The molecular weight excluding hydrogens is 192 g/mol. The predicted molar refractivity (Wildman–Crippen MR) is 59.5 cm³/mol. The molecule has 1 aliphatic heterocycles. The first-order chi connectivity index (χ1) is 6.89. The molecule has 0 unspecified atom stereocenters. The summed E-state index contributed by atoms with van der Waals surface area (Å²) < 4.78 is 0. The Balaban J connectivity index is 2.05. The highest BCUT2D eigenvalue weighted by Gasteiger charge is 2.36. The van der Waals surface area contributed by atoms with E-state index in [9.17, 15) is 9.90 Å². The fourth-order valence-electron chi connectivity index (χ4n) is 1.79. The van der Waals surface area contributed by atoms with Gasteiger partial charge in [-0.05, 0) is 19.3 Å². The number of aliphatic hydroxyl groups is 1. The van der Waals surface area contributed by atoms with E-state index in [2.05, 4.69) is 19.2 Å². The first-order valence-electron chi connectivity index (χ1n) is 5.60. The molecule has 4 nitrogen and oxygen atoms in total. The molecule has 1 heterocycles. The van der Waals surface area contributed by atoms with Crippen LogP contribution in [0.15, 0.2) is 0 Å². The molecule has 0 aromatic carbocycles. The zero-order chi connectivity index (χ0) is 11.5. The van der Waals surface area contributed by atoms with Gasteiger partial charge >= 0.3 is 0 Å². The smallest absolute Gasteiger partial charge is 0.234 e. The molecule has 4 heteroatoms. The number of amides is 1. The van der Waals surface area contributed by atoms with Gasteiger partial charge < -0.3 is 10.4 Å². The quantitative estimate of drug-likeness (QED) is 0.688. The Bertz CT molecular complexity index is 219. The van der Waals surface area contributed by atoms with Gasteiger partial charge in [0.1, 0.15) is 0 Å². The van der Waals surface area contributed by atoms with Crippen LogP contribution in [0.5, 0.6) is 0 Å². The van der Waals surface area contributed by atoms with Gasteiger partial charge in [-0.2, -0.15) is 0 Å². The van der Waals surface area contributed by atoms with Crippen LogP contribution in [-0.4, -0.2) is 47.7 Å². The largest absolute Gasteiger partial charge is 0.388 e. The molecule has 1 saturated heterocycles. The maximum Gasteiger partial charge on any atom is 0.234 e. The molecule has 15 heavy (non-hydrogen) atoms. The first kappa shape index (κ1) is 12.5. The van der Waals surface area contributed by atoms with Gasteiger partial charge in [0.15, 0.2) is 0 Å². The molecule has 1 rings (SSSR count). The number of carbonyl (C=O) groups is 1. The van der Waals surface area contributed by atoms with Gasteiger partial charge in [-0.25, -0.2) is 0 Å². The van der Waals surface area contributed by atoms with E-state index in [4.69, 9.17) is 0 Å². The lowest BCUT2D eigenvalue weighted by atomic mass is 9.97. The van der Waals surface area contributed by atoms with Crippen LogP contribution in [0.1, 0.15) is 27.2 Å². The van der Waals surface area contributed by atoms with Crippen molar-refractivity contribution in [2.75, 3.05) is 26.2 Å². The molecule has 0 aromatic heterocycles. The number of carbonyl (C=O) groups excluding carboxylic acids is 1. The zero-order valence-electron chi connectivity index (χ0n) is 9.92. The molecule has 0 aromatic rings. The lowest BCUT2D eigenvalue weighted by molar-refractivity contribution is -0.130. The molecule has 0 atom stereocenters. The summed E-state index contributed by atoms with van der Waals surface area (Å²) in [7, 11) is 0. The van der Waals surface area contributed by atoms with Crippen LogP contribution in [-0.2, 0) is 4.79 Å². The molecule has 0 spiro atoms. The van der Waals surface area contributed by atoms with Crippen molar-refractivity contribution in [2.24, 2.45) is 5.92 Å². The SMILES string of the molecule is CC(C)CCNC(=O)CN1CC(C)(O)C1. The van der Waals surface area contributed by atoms with Crippen molar-refractivity contribution >= 4 is 5.91 Å². The monoisotopic (exact) mass is 214 g/mol. The van der Waals surface area contributed by atoms with Gasteiger partial charge in [-0.15, -0.1) is 0 Å². The van der Waals surface area contributed by atoms with E-state index < -0.39 is 5.60 Å². The third-order valence-electron chi connectivity index (χ3n) is 2.54. The van der Waals surface area contributed by atoms with Crippen molar-refractivity contribution in [3.63, 3.8) is 0 Å². The Morgan fingerprint density at radius 3 is 2.60 bits per heavy atom. The summed E-state index contributed by atoms with van der Waals surface area (Å²) in [5.41, 5.74) is -0.585. The van der Waals surface area contributed by atoms with Crippen LogP contribution in [0.4, 0.5) is 0 Å². The maximum absolute atomic E-state index is 11.4. The summed E-state index contributed by atoms with van der Waals surface area (Å²) in [6.45, 7) is 8.43. The number of β-amino-alcohol motifs (C(OH)–C–C–N with tert-alkyl or cyclic N) is 1. The van der Waals surface area contributed by atoms with E-state index in [0.29, 0.717) is 25.6 Å². The molecule has 0 saturated carbocycles. The van der Waals surface area contributed by atoms with E-state index >= 15 is 0 Å². The third-order valence-corrected chi connectivity index (χ3v) is 2.54. The second-order valence-corrected chi connectivity index (χ2v) is 5.17. The number of rotatable bonds is 5. The van der Waals surface area contributed by atoms with Gasteiger partial charge in [0.25, 0.3) is 0 Å². The summed E-state index contributed by atoms with van der Waals surface area (Å²) in [5.74, 6) is 0.682. The molecule has 0 bridgehead atoms. The Morgan fingerprint density at radius 2 is 2.13 bits per heavy atom. The van der Waals surface area contributed by atoms with Gasteiger partial charge in [-0.3, -0.25) is 9.69 Å². The van der Waals surface area contributed by atoms with E-state index in [1.165, 1.54) is 0 Å². The Kier molecular flexibility index (Phi) is 4.11. The predicted octanol–water partition coefficient (Wildman–Crippen LogP) is 0.215. The zero-order valence-corrected chi connectivity index (χ0v) is 9.92. The van der Waals surface area contributed by atoms with Gasteiger partial charge in [0.05, 0.1) is 12.1 Å². The lowest BCUT2D eigenvalue weighted by Crippen LogP contribution is -2.61. The van der Waals surface area contributed by atoms with Crippen molar-refractivity contribution in [1.82, 2.24) is 10.2 Å². The van der Waals surface area contributed by atoms with Crippen molar-refractivity contribution in [3.05, 3.63) is 0 Å². The van der Waals surface area contributed by atoms with Crippen molar-refractivity contribution in [3.8, 4) is 0 Å². The summed E-state index contributed by atoms with van der Waals surface area (Å²) in [6, 6.07) is 0. The van der Waals surface area contributed by atoms with Crippen LogP contribution < -0.4 is 5.32 Å². The average molecular weight is 214 g/mol. The number of hydrogen-bond donors (Lipinski definition) is 2. The van der Waals surface area contributed by atoms with Crippen molar-refractivity contribution in [2.45, 2.75) is 32.8 Å². The molecule has 0 radical (unpaired) electrons. The Morgan fingerprint density at radius 1 is 1.53 bits per heavy atom. The van der Waals surface area contributed by atoms with Gasteiger partial charge in [0.2, 0.25) is 5.91 Å². The highest BCUT2D eigenvalue weighted by molar-refractivity contribution is 5.78. The molecule has 1 fully saturated rings. The van der Waals surface area contributed by atoms with Crippen molar-refractivity contribution in [1.29, 1.82) is 0 Å². The molecular formula is C11H22N2O2. The lowest BCUT2D eigenvalue weighted by Gasteiger charge is -2.43. The van der Waals surface area contributed by atoms with Crippen molar-refractivity contribution < 1.29 is 9.90 Å². The number of hydrogen-bond acceptors (Lipinski definition) is 3. The van der Waals surface area contributed by atoms with E-state index in [0.717, 1.165) is 13.0 Å². The molecule has 1 aliphatic rings. The standard InChI is InChI=1S/C11H22N2O2/c1-9(2)4-5-12-10(14)6-13-7-11(3,15)8-13/h9,15H,4-8H2,1-3H3,(H,12,14). The molecule has 2 N–H and O–H groups in total. The highest BCUT2D eigenvalue weighted by atomic mass is 16.3. The van der Waals surface area contributed by atoms with Gasteiger partial charge in [0, 0.05) is 19.6 Å². The van der Waals surface area contributed by atoms with E-state index in [1.54, 1.807) is 6.92 Å². The minimum Gasteiger partial charge on any atom is -0.388 e. The number of nitrogens with one attached hydrogen (secondary N) is 1. The normalized spacial score (nSPS) is 20.1. The number of nitrogens with zero attached hydrogens (tertiary/aromatic N) is 1. The highest BCUT2D eigenvalue weighted by Crippen LogP contribution is 2.18. The Hall–Kier alpha value is -0.610. The summed E-state index contributed by atoms with van der Waals surface area (Å²) >= 11 is 0. The van der Waals surface area contributed by atoms with Crippen LogP contribution >= 0.6 is 0 Å². The van der Waals surface area contributed by atoms with E-state index in [-0.39, 0.29) is 5.91 Å². The Labute approximate surface area is 91.6 Å². The second kappa shape index (κ2) is 4.94. The van der Waals surface area contributed by atoms with Crippen LogP contribution in [0, 0.1) is 5.92 Å². The topological polar surface area (TPSA) is 52.6 Å². The van der Waals surface area contributed by atoms with Crippen LogP contribution in [0.3, 0.4) is 0 Å². The summed E-state index contributed by atoms with van der Waals surface area (Å²) in [5, 5.41) is 12.4. The van der Waals surface area contributed by atoms with E-state index in [1.807, 2.05) is 4.90 Å². The molecule has 1 amide bonds. The van der Waals surface area contributed by atoms with Crippen LogP contribution in [0.2, 0.25) is 0 Å². The van der Waals surface area contributed by atoms with Crippen LogP contribution in [0.25, 0.3) is 0 Å². The number of likely N-dealkylation sites (tertiary alicyclic amines) is 1. The molecule has 88 valence electrons. The summed E-state index contributed by atoms with van der Waals surface area (Å²) in [4.78, 5) is 13.4. The molecule has 0 aliphatic carbocycles. The van der Waals surface area contributed by atoms with Gasteiger partial charge in [-0.1, -0.05) is 13.8 Å². The third kappa shape index (κ3) is 4.62. The first-order valence-corrected chi connectivity index (χ1v) is 5.60. The minimum atomic E-state index is -0.585. The maximum atomic E-state index is 11.4.